The van der Waals surface area contributed by atoms with Crippen molar-refractivity contribution in [2.24, 2.45) is 4.99 Å². The van der Waals surface area contributed by atoms with Crippen molar-refractivity contribution in [2.45, 2.75) is 64.0 Å². The summed E-state index contributed by atoms with van der Waals surface area (Å²) in [6, 6.07) is 0.378. The van der Waals surface area contributed by atoms with Crippen LogP contribution in [0.15, 0.2) is 4.99 Å². The van der Waals surface area contributed by atoms with Crippen molar-refractivity contribution < 1.29 is 9.53 Å². The van der Waals surface area contributed by atoms with E-state index in [-0.39, 0.29) is 35.4 Å². The van der Waals surface area contributed by atoms with Gasteiger partial charge in [-0.1, -0.05) is 19.3 Å². The van der Waals surface area contributed by atoms with Gasteiger partial charge in [0.05, 0.1) is 13.2 Å². The van der Waals surface area contributed by atoms with Crippen molar-refractivity contribution >= 4 is 35.8 Å². The number of carbonyl (C=O) groups is 1. The average Bonchev–Trinajstić information content (AvgIpc) is 2.66. The van der Waals surface area contributed by atoms with Crippen LogP contribution in [0.2, 0.25) is 0 Å². The molecule has 8 heteroatoms. The summed E-state index contributed by atoms with van der Waals surface area (Å²) in [6.45, 7) is 9.37. The molecular formula is C19H38IN5O2. The molecule has 0 aromatic rings. The Kier molecular flexibility index (Phi) is 11.6. The van der Waals surface area contributed by atoms with E-state index in [1.165, 1.54) is 19.3 Å². The van der Waals surface area contributed by atoms with Crippen molar-refractivity contribution in [3.05, 3.63) is 0 Å². The molecule has 1 saturated carbocycles. The fourth-order valence-electron chi connectivity index (χ4n) is 3.64. The van der Waals surface area contributed by atoms with Gasteiger partial charge in [0.1, 0.15) is 0 Å². The predicted octanol–water partition coefficient (Wildman–Crippen LogP) is 1.72. The second-order valence-corrected chi connectivity index (χ2v) is 7.92. The highest BCUT2D eigenvalue weighted by atomic mass is 127. The Hall–Kier alpha value is -0.610. The van der Waals surface area contributed by atoms with Gasteiger partial charge in [-0.25, -0.2) is 0 Å². The summed E-state index contributed by atoms with van der Waals surface area (Å²) in [7, 11) is 1.76. The van der Waals surface area contributed by atoms with Crippen LogP contribution in [0.5, 0.6) is 0 Å². The zero-order chi connectivity index (χ0) is 18.8. The van der Waals surface area contributed by atoms with Crippen molar-refractivity contribution in [2.75, 3.05) is 46.4 Å². The molecule has 1 heterocycles. The summed E-state index contributed by atoms with van der Waals surface area (Å²) in [5, 5.41) is 9.79. The number of nitrogens with one attached hydrogen (secondary N) is 3. The molecule has 0 spiro atoms. The van der Waals surface area contributed by atoms with E-state index in [2.05, 4.69) is 39.7 Å². The summed E-state index contributed by atoms with van der Waals surface area (Å²) in [6.07, 6.45) is 6.50. The molecule has 2 aliphatic rings. The Bertz CT molecular complexity index is 461. The highest BCUT2D eigenvalue weighted by Crippen LogP contribution is 2.17. The minimum Gasteiger partial charge on any atom is -0.379 e. The molecule has 158 valence electrons. The molecule has 0 atom stereocenters. The van der Waals surface area contributed by atoms with E-state index in [1.807, 2.05) is 0 Å². The maximum Gasteiger partial charge on any atom is 0.221 e. The molecule has 1 amide bonds. The lowest BCUT2D eigenvalue weighted by molar-refractivity contribution is -0.121. The fourth-order valence-corrected chi connectivity index (χ4v) is 3.64. The number of hydrogen-bond acceptors (Lipinski definition) is 4. The average molecular weight is 495 g/mol. The first-order chi connectivity index (χ1) is 12.5. The Morgan fingerprint density at radius 1 is 1.15 bits per heavy atom. The molecule has 0 bridgehead atoms. The zero-order valence-electron chi connectivity index (χ0n) is 17.2. The first-order valence-corrected chi connectivity index (χ1v) is 10.1. The van der Waals surface area contributed by atoms with Crippen molar-refractivity contribution in [3.8, 4) is 0 Å². The molecule has 0 radical (unpaired) electrons. The van der Waals surface area contributed by atoms with Crippen LogP contribution in [0.1, 0.15) is 52.4 Å². The van der Waals surface area contributed by atoms with Crippen LogP contribution in [0, 0.1) is 0 Å². The first-order valence-electron chi connectivity index (χ1n) is 10.1. The standard InChI is InChI=1S/C19H37N5O2.HI/c1-19(2,24-11-13-26-14-12-24)15-22-18(20-3)21-10-9-17(25)23-16-7-5-4-6-8-16;/h16H,4-15H2,1-3H3,(H,23,25)(H2,20,21,22);1H. The minimum atomic E-state index is 0. The maximum atomic E-state index is 12.1. The van der Waals surface area contributed by atoms with Gasteiger partial charge in [0.25, 0.3) is 0 Å². The Morgan fingerprint density at radius 3 is 2.44 bits per heavy atom. The smallest absolute Gasteiger partial charge is 0.221 e. The van der Waals surface area contributed by atoms with Gasteiger partial charge in [0.15, 0.2) is 5.96 Å². The summed E-state index contributed by atoms with van der Waals surface area (Å²) >= 11 is 0. The third kappa shape index (κ3) is 8.95. The van der Waals surface area contributed by atoms with E-state index in [1.54, 1.807) is 7.05 Å². The number of hydrogen-bond donors (Lipinski definition) is 3. The van der Waals surface area contributed by atoms with E-state index < -0.39 is 0 Å². The van der Waals surface area contributed by atoms with Crippen LogP contribution in [-0.4, -0.2) is 74.8 Å². The molecule has 7 nitrogen and oxygen atoms in total. The topological polar surface area (TPSA) is 78.0 Å². The Balaban J connectivity index is 0.00000364. The number of carbonyl (C=O) groups excluding carboxylic acids is 1. The number of nitrogens with zero attached hydrogens (tertiary/aromatic N) is 2. The predicted molar refractivity (Wildman–Crippen MR) is 121 cm³/mol. The van der Waals surface area contributed by atoms with Crippen LogP contribution < -0.4 is 16.0 Å². The van der Waals surface area contributed by atoms with Crippen molar-refractivity contribution in [1.29, 1.82) is 0 Å². The van der Waals surface area contributed by atoms with E-state index in [0.29, 0.717) is 19.0 Å². The highest BCUT2D eigenvalue weighted by Gasteiger charge is 2.28. The van der Waals surface area contributed by atoms with Gasteiger partial charge in [-0.15, -0.1) is 24.0 Å². The number of halogens is 1. The minimum absolute atomic E-state index is 0. The second kappa shape index (κ2) is 12.8. The summed E-state index contributed by atoms with van der Waals surface area (Å²) in [5.41, 5.74) is 0.0275. The quantitative estimate of drug-likeness (QED) is 0.285. The van der Waals surface area contributed by atoms with Crippen molar-refractivity contribution in [3.63, 3.8) is 0 Å². The molecule has 0 aromatic carbocycles. The number of aliphatic imine (C=N–C) groups is 1. The van der Waals surface area contributed by atoms with Crippen molar-refractivity contribution in [1.82, 2.24) is 20.9 Å². The summed E-state index contributed by atoms with van der Waals surface area (Å²) in [5.74, 6) is 0.880. The van der Waals surface area contributed by atoms with E-state index in [0.717, 1.165) is 51.6 Å². The van der Waals surface area contributed by atoms with Gasteiger partial charge in [-0.2, -0.15) is 0 Å². The van der Waals surface area contributed by atoms with E-state index >= 15 is 0 Å². The molecule has 1 aliphatic carbocycles. The maximum absolute atomic E-state index is 12.1. The van der Waals surface area contributed by atoms with Gasteiger partial charge in [0, 0.05) is 51.2 Å². The van der Waals surface area contributed by atoms with Gasteiger partial charge in [-0.3, -0.25) is 14.7 Å². The molecule has 2 rings (SSSR count). The fraction of sp³-hybridized carbons (Fsp3) is 0.895. The molecule has 0 unspecified atom stereocenters. The second-order valence-electron chi connectivity index (χ2n) is 7.92. The first kappa shape index (κ1) is 24.4. The summed E-state index contributed by atoms with van der Waals surface area (Å²) < 4.78 is 5.44. The van der Waals surface area contributed by atoms with Gasteiger partial charge in [-0.05, 0) is 26.7 Å². The van der Waals surface area contributed by atoms with Gasteiger partial charge >= 0.3 is 0 Å². The highest BCUT2D eigenvalue weighted by molar-refractivity contribution is 14.0. The number of guanidine groups is 1. The van der Waals surface area contributed by atoms with E-state index in [4.69, 9.17) is 4.74 Å². The Morgan fingerprint density at radius 2 is 1.81 bits per heavy atom. The third-order valence-corrected chi connectivity index (χ3v) is 5.39. The number of rotatable bonds is 7. The summed E-state index contributed by atoms with van der Waals surface area (Å²) in [4.78, 5) is 18.8. The normalized spacial score (nSPS) is 19.9. The lowest BCUT2D eigenvalue weighted by Gasteiger charge is -2.41. The number of morpholine rings is 1. The third-order valence-electron chi connectivity index (χ3n) is 5.39. The molecular weight excluding hydrogens is 457 g/mol. The molecule has 0 aromatic heterocycles. The molecule has 27 heavy (non-hydrogen) atoms. The van der Waals surface area contributed by atoms with Crippen LogP contribution in [0.3, 0.4) is 0 Å². The largest absolute Gasteiger partial charge is 0.379 e. The van der Waals surface area contributed by atoms with Gasteiger partial charge in [0.2, 0.25) is 5.91 Å². The molecule has 1 aliphatic heterocycles. The van der Waals surface area contributed by atoms with Crippen LogP contribution >= 0.6 is 24.0 Å². The van der Waals surface area contributed by atoms with E-state index in [9.17, 15) is 4.79 Å². The number of ether oxygens (including phenoxy) is 1. The Labute approximate surface area is 181 Å². The molecule has 2 fully saturated rings. The van der Waals surface area contributed by atoms with Crippen LogP contribution in [0.4, 0.5) is 0 Å². The zero-order valence-corrected chi connectivity index (χ0v) is 19.5. The van der Waals surface area contributed by atoms with Gasteiger partial charge < -0.3 is 20.7 Å². The van der Waals surface area contributed by atoms with Crippen LogP contribution in [0.25, 0.3) is 0 Å². The SMILES string of the molecule is CN=C(NCCC(=O)NC1CCCCC1)NCC(C)(C)N1CCOCC1.I. The lowest BCUT2D eigenvalue weighted by atomic mass is 9.95. The lowest BCUT2D eigenvalue weighted by Crippen LogP contribution is -2.56. The monoisotopic (exact) mass is 495 g/mol. The number of amides is 1. The van der Waals surface area contributed by atoms with Crippen LogP contribution in [-0.2, 0) is 9.53 Å². The molecule has 1 saturated heterocycles. The molecule has 3 N–H and O–H groups in total.